The Bertz CT molecular complexity index is 808. The second-order valence-corrected chi connectivity index (χ2v) is 6.57. The summed E-state index contributed by atoms with van der Waals surface area (Å²) >= 11 is 6.22. The summed E-state index contributed by atoms with van der Waals surface area (Å²) in [6.45, 7) is 1.44. The van der Waals surface area contributed by atoms with Crippen LogP contribution in [0, 0.1) is 0 Å². The van der Waals surface area contributed by atoms with E-state index in [1.807, 2.05) is 30.3 Å². The number of para-hydroxylation sites is 1. The molecule has 0 radical (unpaired) electrons. The smallest absolute Gasteiger partial charge is 0.224 e. The van der Waals surface area contributed by atoms with Crippen molar-refractivity contribution in [3.63, 3.8) is 0 Å². The maximum Gasteiger partial charge on any atom is 0.224 e. The van der Waals surface area contributed by atoms with Crippen LogP contribution in [0.25, 0.3) is 0 Å². The van der Waals surface area contributed by atoms with Gasteiger partial charge in [0.1, 0.15) is 25.6 Å². The van der Waals surface area contributed by atoms with Gasteiger partial charge in [-0.05, 0) is 35.7 Å². The van der Waals surface area contributed by atoms with Crippen molar-refractivity contribution in [3.05, 3.63) is 52.5 Å². The predicted molar refractivity (Wildman–Crippen MR) is 93.7 cm³/mol. The van der Waals surface area contributed by atoms with Gasteiger partial charge < -0.3 is 19.5 Å². The van der Waals surface area contributed by atoms with Gasteiger partial charge in [-0.1, -0.05) is 29.8 Å². The minimum Gasteiger partial charge on any atom is -0.491 e. The van der Waals surface area contributed by atoms with E-state index in [1.165, 1.54) is 0 Å². The Labute approximate surface area is 150 Å². The number of ether oxygens (including phenoxy) is 3. The fraction of sp³-hybridized carbons (Fsp3) is 0.316. The monoisotopic (exact) mass is 359 g/mol. The SMILES string of the molecule is O=C(Cc1cc(Cl)c2c(c1)OCCO2)NC1COc2ccccc2C1. The fourth-order valence-electron chi connectivity index (χ4n) is 3.15. The van der Waals surface area contributed by atoms with E-state index in [0.717, 1.165) is 23.3 Å². The van der Waals surface area contributed by atoms with Crippen LogP contribution < -0.4 is 19.5 Å². The van der Waals surface area contributed by atoms with Crippen LogP contribution in [0.2, 0.25) is 5.02 Å². The Kier molecular flexibility index (Phi) is 4.40. The molecule has 2 aromatic carbocycles. The summed E-state index contributed by atoms with van der Waals surface area (Å²) in [5, 5.41) is 3.50. The van der Waals surface area contributed by atoms with E-state index in [1.54, 1.807) is 6.07 Å². The molecule has 4 rings (SSSR count). The van der Waals surface area contributed by atoms with Crippen molar-refractivity contribution in [1.82, 2.24) is 5.32 Å². The lowest BCUT2D eigenvalue weighted by Gasteiger charge is -2.26. The van der Waals surface area contributed by atoms with Gasteiger partial charge in [-0.2, -0.15) is 0 Å². The minimum atomic E-state index is -0.0688. The first kappa shape index (κ1) is 16.1. The third-order valence-corrected chi connectivity index (χ3v) is 4.55. The summed E-state index contributed by atoms with van der Waals surface area (Å²) < 4.78 is 16.8. The van der Waals surface area contributed by atoms with Gasteiger partial charge >= 0.3 is 0 Å². The molecule has 6 heteroatoms. The lowest BCUT2D eigenvalue weighted by atomic mass is 10.0. The van der Waals surface area contributed by atoms with Gasteiger partial charge in [0.2, 0.25) is 5.91 Å². The van der Waals surface area contributed by atoms with E-state index in [2.05, 4.69) is 5.32 Å². The van der Waals surface area contributed by atoms with Crippen LogP contribution >= 0.6 is 11.6 Å². The average Bonchev–Trinajstić information content (AvgIpc) is 2.61. The maximum absolute atomic E-state index is 12.4. The summed E-state index contributed by atoms with van der Waals surface area (Å²) in [6, 6.07) is 11.4. The molecule has 0 spiro atoms. The Hall–Kier alpha value is -2.40. The number of carbonyl (C=O) groups excluding carboxylic acids is 1. The van der Waals surface area contributed by atoms with E-state index in [4.69, 9.17) is 25.8 Å². The van der Waals surface area contributed by atoms with Gasteiger partial charge in [-0.3, -0.25) is 4.79 Å². The molecule has 130 valence electrons. The van der Waals surface area contributed by atoms with E-state index < -0.39 is 0 Å². The number of benzene rings is 2. The van der Waals surface area contributed by atoms with Crippen molar-refractivity contribution in [2.75, 3.05) is 19.8 Å². The van der Waals surface area contributed by atoms with Crippen molar-refractivity contribution in [2.45, 2.75) is 18.9 Å². The van der Waals surface area contributed by atoms with Gasteiger partial charge in [0.15, 0.2) is 11.5 Å². The molecule has 1 N–H and O–H groups in total. The van der Waals surface area contributed by atoms with Crippen molar-refractivity contribution in [3.8, 4) is 17.2 Å². The highest BCUT2D eigenvalue weighted by Crippen LogP contribution is 2.38. The van der Waals surface area contributed by atoms with Gasteiger partial charge in [0, 0.05) is 0 Å². The third kappa shape index (κ3) is 3.51. The largest absolute Gasteiger partial charge is 0.491 e. The van der Waals surface area contributed by atoms with E-state index in [9.17, 15) is 4.79 Å². The first-order valence-electron chi connectivity index (χ1n) is 8.27. The summed E-state index contributed by atoms with van der Waals surface area (Å²) in [5.41, 5.74) is 1.91. The molecular weight excluding hydrogens is 342 g/mol. The molecule has 5 nitrogen and oxygen atoms in total. The first-order valence-corrected chi connectivity index (χ1v) is 8.65. The third-order valence-electron chi connectivity index (χ3n) is 4.27. The molecule has 0 aromatic heterocycles. The molecule has 1 unspecified atom stereocenters. The first-order chi connectivity index (χ1) is 12.2. The molecule has 0 saturated carbocycles. The van der Waals surface area contributed by atoms with Gasteiger partial charge in [-0.15, -0.1) is 0 Å². The van der Waals surface area contributed by atoms with Gasteiger partial charge in [0.25, 0.3) is 0 Å². The molecule has 25 heavy (non-hydrogen) atoms. The summed E-state index contributed by atoms with van der Waals surface area (Å²) in [4.78, 5) is 12.4. The second-order valence-electron chi connectivity index (χ2n) is 6.17. The highest BCUT2D eigenvalue weighted by Gasteiger charge is 2.22. The van der Waals surface area contributed by atoms with Crippen LogP contribution in [0.15, 0.2) is 36.4 Å². The Morgan fingerprint density at radius 3 is 2.88 bits per heavy atom. The van der Waals surface area contributed by atoms with Gasteiger partial charge in [0.05, 0.1) is 17.5 Å². The standard InChI is InChI=1S/C19H18ClNO4/c20-15-7-12(8-17-19(15)24-6-5-23-17)9-18(22)21-14-10-13-3-1-2-4-16(13)25-11-14/h1-4,7-8,14H,5-6,9-11H2,(H,21,22). The Morgan fingerprint density at radius 1 is 1.12 bits per heavy atom. The molecule has 2 aliphatic heterocycles. The summed E-state index contributed by atoms with van der Waals surface area (Å²) in [6.07, 6.45) is 0.998. The lowest BCUT2D eigenvalue weighted by molar-refractivity contribution is -0.121. The van der Waals surface area contributed by atoms with Crippen LogP contribution in [0.1, 0.15) is 11.1 Å². The van der Waals surface area contributed by atoms with Crippen LogP contribution in [0.5, 0.6) is 17.2 Å². The number of amides is 1. The molecule has 0 bridgehead atoms. The average molecular weight is 360 g/mol. The lowest BCUT2D eigenvalue weighted by Crippen LogP contribution is -2.43. The molecule has 2 heterocycles. The number of nitrogens with one attached hydrogen (secondary N) is 1. The van der Waals surface area contributed by atoms with E-state index >= 15 is 0 Å². The molecule has 0 fully saturated rings. The van der Waals surface area contributed by atoms with Crippen LogP contribution in [0.3, 0.4) is 0 Å². The highest BCUT2D eigenvalue weighted by molar-refractivity contribution is 6.32. The number of hydrogen-bond acceptors (Lipinski definition) is 4. The van der Waals surface area contributed by atoms with Crippen LogP contribution in [0.4, 0.5) is 0 Å². The number of rotatable bonds is 3. The number of carbonyl (C=O) groups is 1. The zero-order valence-corrected chi connectivity index (χ0v) is 14.3. The zero-order valence-electron chi connectivity index (χ0n) is 13.6. The summed E-state index contributed by atoms with van der Waals surface area (Å²) in [5.74, 6) is 1.97. The topological polar surface area (TPSA) is 56.8 Å². The zero-order chi connectivity index (χ0) is 17.2. The van der Waals surface area contributed by atoms with Crippen LogP contribution in [-0.4, -0.2) is 31.8 Å². The van der Waals surface area contributed by atoms with E-state index in [0.29, 0.717) is 36.3 Å². The quantitative estimate of drug-likeness (QED) is 0.915. The number of fused-ring (bicyclic) bond motifs is 2. The predicted octanol–water partition coefficient (Wildman–Crippen LogP) is 2.77. The van der Waals surface area contributed by atoms with Crippen LogP contribution in [-0.2, 0) is 17.6 Å². The fourth-order valence-corrected chi connectivity index (χ4v) is 3.44. The number of hydrogen-bond donors (Lipinski definition) is 1. The van der Waals surface area contributed by atoms with Crippen molar-refractivity contribution in [1.29, 1.82) is 0 Å². The molecule has 2 aliphatic rings. The molecule has 2 aromatic rings. The molecule has 1 amide bonds. The van der Waals surface area contributed by atoms with Crippen molar-refractivity contribution < 1.29 is 19.0 Å². The molecule has 0 aliphatic carbocycles. The Balaban J connectivity index is 1.41. The minimum absolute atomic E-state index is 0.0323. The van der Waals surface area contributed by atoms with Crippen molar-refractivity contribution in [2.24, 2.45) is 0 Å². The summed E-state index contributed by atoms with van der Waals surface area (Å²) in [7, 11) is 0. The molecular formula is C19H18ClNO4. The number of halogens is 1. The molecule has 0 saturated heterocycles. The Morgan fingerprint density at radius 2 is 1.96 bits per heavy atom. The van der Waals surface area contributed by atoms with Gasteiger partial charge in [-0.25, -0.2) is 0 Å². The maximum atomic E-state index is 12.4. The molecule has 1 atom stereocenters. The normalized spacial score (nSPS) is 18.0. The van der Waals surface area contributed by atoms with E-state index in [-0.39, 0.29) is 18.4 Å². The second kappa shape index (κ2) is 6.84. The van der Waals surface area contributed by atoms with Crippen molar-refractivity contribution >= 4 is 17.5 Å². The highest BCUT2D eigenvalue weighted by atomic mass is 35.5.